The van der Waals surface area contributed by atoms with Crippen LogP contribution in [0, 0.1) is 17.1 Å². The number of carbonyl (C=O) groups excluding carboxylic acids is 2. The number of halogens is 7. The van der Waals surface area contributed by atoms with Gasteiger partial charge in [-0.3, -0.25) is 10.7 Å². The van der Waals surface area contributed by atoms with Crippen LogP contribution in [0.4, 0.5) is 14.0 Å². The first-order valence-electron chi connectivity index (χ1n) is 14.1. The van der Waals surface area contributed by atoms with E-state index in [1.165, 1.54) is 12.1 Å². The number of hydrogen-bond acceptors (Lipinski definition) is 8. The molecule has 0 saturated carbocycles. The van der Waals surface area contributed by atoms with Gasteiger partial charge in [-0.15, -0.1) is 0 Å². The van der Waals surface area contributed by atoms with Crippen molar-refractivity contribution in [2.24, 2.45) is 16.6 Å². The van der Waals surface area contributed by atoms with Gasteiger partial charge in [0.05, 0.1) is 18.8 Å². The van der Waals surface area contributed by atoms with Crippen molar-refractivity contribution in [1.82, 2.24) is 10.2 Å². The molecule has 0 atom stereocenters. The second-order valence-electron chi connectivity index (χ2n) is 10.3. The first-order chi connectivity index (χ1) is 22.1. The van der Waals surface area contributed by atoms with Crippen LogP contribution in [0.15, 0.2) is 47.5 Å². The Labute approximate surface area is 301 Å². The van der Waals surface area contributed by atoms with Crippen molar-refractivity contribution in [1.29, 1.82) is 5.41 Å². The highest BCUT2D eigenvalue weighted by atomic mass is 35.6. The van der Waals surface area contributed by atoms with Gasteiger partial charge in [0, 0.05) is 18.2 Å². The number of nitrogens with zero attached hydrogens (tertiary/aromatic N) is 2. The highest BCUT2D eigenvalue weighted by molar-refractivity contribution is 6.68. The van der Waals surface area contributed by atoms with E-state index in [1.54, 1.807) is 24.3 Å². The van der Waals surface area contributed by atoms with E-state index in [0.717, 1.165) is 45.0 Å². The minimum Gasteiger partial charge on any atom is -0.493 e. The van der Waals surface area contributed by atoms with Crippen LogP contribution in [0.3, 0.4) is 0 Å². The molecule has 1 aliphatic rings. The first-order valence-corrected chi connectivity index (χ1v) is 16.4. The summed E-state index contributed by atoms with van der Waals surface area (Å²) in [5.41, 5.74) is 6.22. The smallest absolute Gasteiger partial charge is 0.435 e. The van der Waals surface area contributed by atoms with Crippen molar-refractivity contribution in [3.63, 3.8) is 0 Å². The van der Waals surface area contributed by atoms with Crippen LogP contribution in [-0.4, -0.2) is 82.4 Å². The van der Waals surface area contributed by atoms with Gasteiger partial charge in [0.1, 0.15) is 42.2 Å². The van der Waals surface area contributed by atoms with Gasteiger partial charge in [-0.2, -0.15) is 4.99 Å². The van der Waals surface area contributed by atoms with Gasteiger partial charge in [-0.05, 0) is 74.7 Å². The van der Waals surface area contributed by atoms with E-state index in [1.807, 2.05) is 0 Å². The summed E-state index contributed by atoms with van der Waals surface area (Å²) in [6, 6.07) is 10.8. The summed E-state index contributed by atoms with van der Waals surface area (Å²) in [4.78, 5) is 29.4. The summed E-state index contributed by atoms with van der Waals surface area (Å²) in [6.45, 7) is 2.60. The van der Waals surface area contributed by atoms with Gasteiger partial charge in [-0.25, -0.2) is 14.0 Å². The number of nitrogens with two attached hydrogens (primary N) is 1. The zero-order valence-electron chi connectivity index (χ0n) is 24.8. The summed E-state index contributed by atoms with van der Waals surface area (Å²) in [7, 11) is 0. The number of alkyl carbamates (subject to hydrolysis) is 1. The Morgan fingerprint density at radius 1 is 0.957 bits per heavy atom. The third kappa shape index (κ3) is 15.1. The number of benzene rings is 2. The zero-order valence-corrected chi connectivity index (χ0v) is 29.3. The number of ether oxygens (including phenoxy) is 4. The average molecular weight is 778 g/mol. The van der Waals surface area contributed by atoms with Crippen LogP contribution in [-0.2, 0) is 9.47 Å². The maximum absolute atomic E-state index is 14.5. The molecule has 3 rings (SSSR count). The topological polar surface area (TPSA) is 149 Å². The standard InChI is InChI=1S/C29H32Cl6FN5O6/c30-28(31,32)16-46-26(42)39-24(37)19-2-4-20(5-3-19)45-15-18-8-11-41(12-9-18)10-1-13-44-21-6-7-22(23(36)14-21)25(38)40-27(43)47-17-29(33,34)35/h2-7,14,18H,1,8-13,15-17H2,(H2,37,39,42)(H2,38,40,43). The molecule has 1 aliphatic heterocycles. The molecule has 11 nitrogen and oxygen atoms in total. The molecular weight excluding hydrogens is 746 g/mol. The minimum absolute atomic E-state index is 0.0416. The van der Waals surface area contributed by atoms with Crippen LogP contribution >= 0.6 is 69.6 Å². The van der Waals surface area contributed by atoms with Crippen LogP contribution in [0.25, 0.3) is 0 Å². The molecule has 2 amide bonds. The summed E-state index contributed by atoms with van der Waals surface area (Å²) in [5.74, 6) is 0.0626. The molecule has 0 unspecified atom stereocenters. The molecule has 2 aromatic rings. The lowest BCUT2D eigenvalue weighted by atomic mass is 9.98. The fourth-order valence-corrected chi connectivity index (χ4v) is 4.60. The van der Waals surface area contributed by atoms with Gasteiger partial charge < -0.3 is 29.6 Å². The van der Waals surface area contributed by atoms with E-state index in [2.05, 4.69) is 19.9 Å². The van der Waals surface area contributed by atoms with Crippen molar-refractivity contribution < 1.29 is 32.9 Å². The van der Waals surface area contributed by atoms with Crippen LogP contribution in [0.2, 0.25) is 0 Å². The van der Waals surface area contributed by atoms with E-state index in [9.17, 15) is 14.0 Å². The number of alkyl halides is 6. The SMILES string of the molecule is N=C(NC(=O)OCC(Cl)(Cl)Cl)c1ccc(OCCCN2CCC(COc3ccc(C(N)=NC(=O)OCC(Cl)(Cl)Cl)cc3)CC2)cc1F. The predicted octanol–water partition coefficient (Wildman–Crippen LogP) is 7.02. The van der Waals surface area contributed by atoms with E-state index in [0.29, 0.717) is 36.2 Å². The third-order valence-corrected chi connectivity index (χ3v) is 7.26. The normalized spacial score (nSPS) is 14.7. The summed E-state index contributed by atoms with van der Waals surface area (Å²) in [5, 5.41) is 9.98. The highest BCUT2D eigenvalue weighted by Gasteiger charge is 2.24. The highest BCUT2D eigenvalue weighted by Crippen LogP contribution is 2.27. The first kappa shape index (κ1) is 39.0. The van der Waals surface area contributed by atoms with Gasteiger partial charge in [0.15, 0.2) is 0 Å². The third-order valence-electron chi connectivity index (χ3n) is 6.61. The number of amides is 2. The molecule has 1 heterocycles. The number of amidine groups is 2. The molecule has 18 heteroatoms. The number of nitrogens with one attached hydrogen (secondary N) is 2. The lowest BCUT2D eigenvalue weighted by Crippen LogP contribution is -2.36. The lowest BCUT2D eigenvalue weighted by molar-refractivity contribution is 0.135. The number of rotatable bonds is 12. The molecule has 1 fully saturated rings. The van der Waals surface area contributed by atoms with Gasteiger partial charge in [0.2, 0.25) is 7.59 Å². The lowest BCUT2D eigenvalue weighted by Gasteiger charge is -2.31. The maximum Gasteiger partial charge on any atom is 0.435 e. The van der Waals surface area contributed by atoms with E-state index < -0.39 is 44.6 Å². The summed E-state index contributed by atoms with van der Waals surface area (Å²) in [6.07, 6.45) is 0.658. The average Bonchev–Trinajstić information content (AvgIpc) is 3.00. The Kier molecular flexibility index (Phi) is 15.2. The van der Waals surface area contributed by atoms with E-state index in [4.69, 9.17) is 95.0 Å². The Hall–Kier alpha value is -2.45. The van der Waals surface area contributed by atoms with Gasteiger partial charge >= 0.3 is 12.2 Å². The molecule has 0 aromatic heterocycles. The predicted molar refractivity (Wildman–Crippen MR) is 182 cm³/mol. The summed E-state index contributed by atoms with van der Waals surface area (Å²) >= 11 is 33.2. The second-order valence-corrected chi connectivity index (χ2v) is 15.4. The van der Waals surface area contributed by atoms with Crippen molar-refractivity contribution in [3.05, 3.63) is 59.4 Å². The minimum atomic E-state index is -1.81. The molecule has 0 bridgehead atoms. The molecule has 1 saturated heterocycles. The Morgan fingerprint density at radius 3 is 2.19 bits per heavy atom. The van der Waals surface area contributed by atoms with Crippen molar-refractivity contribution in [3.8, 4) is 11.5 Å². The van der Waals surface area contributed by atoms with Crippen LogP contribution < -0.4 is 20.5 Å². The number of carbonyl (C=O) groups is 2. The molecular formula is C29H32Cl6FN5O6. The van der Waals surface area contributed by atoms with Gasteiger partial charge in [0.25, 0.3) is 0 Å². The molecule has 258 valence electrons. The van der Waals surface area contributed by atoms with Crippen LogP contribution in [0.5, 0.6) is 11.5 Å². The molecule has 0 spiro atoms. The number of hydrogen-bond donors (Lipinski definition) is 3. The van der Waals surface area contributed by atoms with E-state index in [-0.39, 0.29) is 11.4 Å². The Morgan fingerprint density at radius 2 is 1.57 bits per heavy atom. The van der Waals surface area contributed by atoms with Crippen molar-refractivity contribution >= 4 is 93.5 Å². The second kappa shape index (κ2) is 18.4. The fraction of sp³-hybridized carbons (Fsp3) is 0.448. The fourth-order valence-electron chi connectivity index (χ4n) is 4.27. The number of likely N-dealkylation sites (tertiary alicyclic amines) is 1. The van der Waals surface area contributed by atoms with Crippen molar-refractivity contribution in [2.45, 2.75) is 26.8 Å². The van der Waals surface area contributed by atoms with Crippen LogP contribution in [0.1, 0.15) is 30.4 Å². The quantitative estimate of drug-likeness (QED) is 0.0902. The number of piperidine rings is 1. The molecule has 4 N–H and O–H groups in total. The monoisotopic (exact) mass is 775 g/mol. The van der Waals surface area contributed by atoms with Crippen molar-refractivity contribution in [2.75, 3.05) is 46.1 Å². The summed E-state index contributed by atoms with van der Waals surface area (Å²) < 4.78 is 32.1. The molecule has 0 radical (unpaired) electrons. The zero-order chi connectivity index (χ0) is 34.6. The van der Waals surface area contributed by atoms with E-state index >= 15 is 0 Å². The largest absolute Gasteiger partial charge is 0.493 e. The maximum atomic E-state index is 14.5. The number of aliphatic imine (C=N–C) groups is 1. The Balaban J connectivity index is 1.32. The molecule has 0 aliphatic carbocycles. The molecule has 47 heavy (non-hydrogen) atoms. The Bertz CT molecular complexity index is 1400. The molecule has 2 aromatic carbocycles. The van der Waals surface area contributed by atoms with Gasteiger partial charge in [-0.1, -0.05) is 69.6 Å².